The highest BCUT2D eigenvalue weighted by Gasteiger charge is 2.34. The highest BCUT2D eigenvalue weighted by atomic mass is 79.9. The molecule has 2 aromatic carbocycles. The zero-order valence-corrected chi connectivity index (χ0v) is 13.7. The molecule has 2 nitrogen and oxygen atoms in total. The van der Waals surface area contributed by atoms with Crippen LogP contribution in [0.5, 0.6) is 0 Å². The zero-order chi connectivity index (χ0) is 15.0. The van der Waals surface area contributed by atoms with Gasteiger partial charge in [-0.05, 0) is 42.3 Å². The van der Waals surface area contributed by atoms with Crippen molar-refractivity contribution in [2.24, 2.45) is 0 Å². The number of fused-ring (bicyclic) bond motifs is 1. The lowest BCUT2D eigenvalue weighted by molar-refractivity contribution is -0.243. The van der Waals surface area contributed by atoms with E-state index in [-0.39, 0.29) is 0 Å². The second-order valence-electron chi connectivity index (χ2n) is 5.02. The van der Waals surface area contributed by atoms with Gasteiger partial charge in [-0.3, -0.25) is 0 Å². The summed E-state index contributed by atoms with van der Waals surface area (Å²) >= 11 is 9.31. The monoisotopic (exact) mass is 370 g/mol. The van der Waals surface area contributed by atoms with Gasteiger partial charge < -0.3 is 9.47 Å². The van der Waals surface area contributed by atoms with E-state index in [1.807, 2.05) is 18.2 Å². The highest BCUT2D eigenvalue weighted by molar-refractivity contribution is 9.10. The molecule has 0 radical (unpaired) electrons. The van der Waals surface area contributed by atoms with Gasteiger partial charge in [-0.25, -0.2) is 4.39 Å². The molecule has 0 bridgehead atoms. The summed E-state index contributed by atoms with van der Waals surface area (Å²) in [4.78, 5) is 0. The summed E-state index contributed by atoms with van der Waals surface area (Å²) in [5.74, 6) is -1.58. The van der Waals surface area contributed by atoms with E-state index in [0.29, 0.717) is 23.8 Å². The van der Waals surface area contributed by atoms with Gasteiger partial charge >= 0.3 is 0 Å². The molecule has 5 heteroatoms. The van der Waals surface area contributed by atoms with Crippen LogP contribution in [0.3, 0.4) is 0 Å². The van der Waals surface area contributed by atoms with Crippen molar-refractivity contribution in [3.63, 3.8) is 0 Å². The first-order valence-electron chi connectivity index (χ1n) is 6.49. The fourth-order valence-corrected chi connectivity index (χ4v) is 3.06. The molecule has 21 heavy (non-hydrogen) atoms. The summed E-state index contributed by atoms with van der Waals surface area (Å²) in [6.07, 6.45) is 0. The maximum Gasteiger partial charge on any atom is 0.195 e. The third kappa shape index (κ3) is 2.86. The van der Waals surface area contributed by atoms with Gasteiger partial charge in [0.15, 0.2) is 5.79 Å². The van der Waals surface area contributed by atoms with Crippen molar-refractivity contribution in [1.29, 1.82) is 0 Å². The largest absolute Gasteiger partial charge is 0.341 e. The van der Waals surface area contributed by atoms with E-state index in [2.05, 4.69) is 15.9 Å². The van der Waals surface area contributed by atoms with Crippen molar-refractivity contribution in [2.45, 2.75) is 25.9 Å². The second-order valence-corrected chi connectivity index (χ2v) is 6.32. The quantitative estimate of drug-likeness (QED) is 0.689. The maximum atomic E-state index is 14.2. The first-order chi connectivity index (χ1) is 9.99. The van der Waals surface area contributed by atoms with Crippen LogP contribution < -0.4 is 0 Å². The van der Waals surface area contributed by atoms with E-state index in [1.54, 1.807) is 19.1 Å². The molecule has 2 aromatic rings. The Morgan fingerprint density at radius 3 is 2.71 bits per heavy atom. The first-order valence-corrected chi connectivity index (χ1v) is 7.66. The van der Waals surface area contributed by atoms with Crippen LogP contribution in [0.4, 0.5) is 4.39 Å². The third-order valence-electron chi connectivity index (χ3n) is 3.63. The molecule has 1 aliphatic rings. The van der Waals surface area contributed by atoms with Crippen molar-refractivity contribution in [3.05, 3.63) is 68.4 Å². The SMILES string of the molecule is CC1(c2ccc(Cl)cc2F)OCc2cccc(Br)c2CO1. The Hall–Kier alpha value is -0.940. The van der Waals surface area contributed by atoms with E-state index in [9.17, 15) is 4.39 Å². The number of hydrogen-bond acceptors (Lipinski definition) is 2. The highest BCUT2D eigenvalue weighted by Crippen LogP contribution is 2.36. The van der Waals surface area contributed by atoms with Gasteiger partial charge in [0.2, 0.25) is 0 Å². The minimum atomic E-state index is -1.15. The first kappa shape index (κ1) is 15.0. The minimum Gasteiger partial charge on any atom is -0.341 e. The lowest BCUT2D eigenvalue weighted by Gasteiger charge is -2.28. The van der Waals surface area contributed by atoms with Crippen molar-refractivity contribution < 1.29 is 13.9 Å². The molecule has 0 spiro atoms. The molecular weight excluding hydrogens is 359 g/mol. The Bertz CT molecular complexity index is 692. The predicted octanol–water partition coefficient (Wildman–Crippen LogP) is 5.16. The Labute approximate surface area is 136 Å². The average Bonchev–Trinajstić information content (AvgIpc) is 2.60. The summed E-state index contributed by atoms with van der Waals surface area (Å²) in [5.41, 5.74) is 2.40. The van der Waals surface area contributed by atoms with E-state index in [4.69, 9.17) is 21.1 Å². The molecule has 0 fully saturated rings. The standard InChI is InChI=1S/C16H13BrClFO2/c1-16(13-6-5-11(18)7-15(13)19)20-8-10-3-2-4-14(17)12(10)9-21-16/h2-7H,8-9H2,1H3. The minimum absolute atomic E-state index is 0.343. The number of rotatable bonds is 1. The fraction of sp³-hybridized carbons (Fsp3) is 0.250. The molecule has 110 valence electrons. The van der Waals surface area contributed by atoms with Crippen molar-refractivity contribution in [2.75, 3.05) is 0 Å². The Balaban J connectivity index is 1.96. The molecule has 1 unspecified atom stereocenters. The summed E-state index contributed by atoms with van der Waals surface area (Å²) in [6.45, 7) is 2.42. The maximum absolute atomic E-state index is 14.2. The lowest BCUT2D eigenvalue weighted by atomic mass is 10.1. The second kappa shape index (κ2) is 5.69. The summed E-state index contributed by atoms with van der Waals surface area (Å²) in [6, 6.07) is 10.4. The van der Waals surface area contributed by atoms with Crippen LogP contribution in [0.15, 0.2) is 40.9 Å². The number of benzene rings is 2. The van der Waals surface area contributed by atoms with Crippen LogP contribution >= 0.6 is 27.5 Å². The molecule has 1 heterocycles. The molecule has 0 saturated carbocycles. The molecule has 0 saturated heterocycles. The molecule has 0 aliphatic carbocycles. The lowest BCUT2D eigenvalue weighted by Crippen LogP contribution is -2.29. The predicted molar refractivity (Wildman–Crippen MR) is 82.5 cm³/mol. The van der Waals surface area contributed by atoms with E-state index >= 15 is 0 Å². The molecule has 0 aromatic heterocycles. The Kier molecular flexibility index (Phi) is 4.06. The number of hydrogen-bond donors (Lipinski definition) is 0. The van der Waals surface area contributed by atoms with Gasteiger partial charge in [-0.2, -0.15) is 0 Å². The Morgan fingerprint density at radius 2 is 1.95 bits per heavy atom. The van der Waals surface area contributed by atoms with Gasteiger partial charge in [0.05, 0.1) is 13.2 Å². The van der Waals surface area contributed by atoms with E-state index < -0.39 is 11.6 Å². The van der Waals surface area contributed by atoms with Crippen LogP contribution in [0, 0.1) is 5.82 Å². The van der Waals surface area contributed by atoms with Crippen LogP contribution in [0.1, 0.15) is 23.6 Å². The van der Waals surface area contributed by atoms with Crippen molar-refractivity contribution in [3.8, 4) is 0 Å². The zero-order valence-electron chi connectivity index (χ0n) is 11.3. The summed E-state index contributed by atoms with van der Waals surface area (Å²) in [5, 5.41) is 0.347. The number of ether oxygens (including phenoxy) is 2. The fourth-order valence-electron chi connectivity index (χ4n) is 2.38. The summed E-state index contributed by atoms with van der Waals surface area (Å²) < 4.78 is 26.9. The van der Waals surface area contributed by atoms with Crippen LogP contribution in [-0.4, -0.2) is 0 Å². The number of halogens is 3. The molecule has 3 rings (SSSR count). The smallest absolute Gasteiger partial charge is 0.195 e. The summed E-state index contributed by atoms with van der Waals surface area (Å²) in [7, 11) is 0. The van der Waals surface area contributed by atoms with E-state index in [0.717, 1.165) is 15.6 Å². The van der Waals surface area contributed by atoms with Crippen LogP contribution in [0.2, 0.25) is 5.02 Å². The molecule has 0 N–H and O–H groups in total. The third-order valence-corrected chi connectivity index (χ3v) is 4.61. The van der Waals surface area contributed by atoms with Crippen molar-refractivity contribution >= 4 is 27.5 Å². The van der Waals surface area contributed by atoms with Gasteiger partial charge in [0.1, 0.15) is 5.82 Å². The molecule has 1 atom stereocenters. The van der Waals surface area contributed by atoms with Crippen LogP contribution in [0.25, 0.3) is 0 Å². The topological polar surface area (TPSA) is 18.5 Å². The average molecular weight is 372 g/mol. The molecule has 0 amide bonds. The van der Waals surface area contributed by atoms with E-state index in [1.165, 1.54) is 6.07 Å². The van der Waals surface area contributed by atoms with Gasteiger partial charge in [-0.1, -0.05) is 39.7 Å². The van der Waals surface area contributed by atoms with Gasteiger partial charge in [0.25, 0.3) is 0 Å². The Morgan fingerprint density at radius 1 is 1.19 bits per heavy atom. The normalized spacial score (nSPS) is 21.7. The van der Waals surface area contributed by atoms with Crippen LogP contribution in [-0.2, 0) is 28.5 Å². The van der Waals surface area contributed by atoms with Gasteiger partial charge in [-0.15, -0.1) is 0 Å². The van der Waals surface area contributed by atoms with Crippen molar-refractivity contribution in [1.82, 2.24) is 0 Å². The van der Waals surface area contributed by atoms with Gasteiger partial charge in [0, 0.05) is 15.1 Å². The molecular formula is C16H13BrClFO2. The molecule has 1 aliphatic heterocycles.